The van der Waals surface area contributed by atoms with E-state index in [0.717, 1.165) is 25.7 Å². The smallest absolute Gasteiger partial charge is 0.211 e. The van der Waals surface area contributed by atoms with Gasteiger partial charge in [0.15, 0.2) is 0 Å². The van der Waals surface area contributed by atoms with Crippen LogP contribution in [0.15, 0.2) is 0 Å². The number of nitrogens with zero attached hydrogens (tertiary/aromatic N) is 1. The molecular weight excluding hydrogens is 190 g/mol. The molecule has 1 fully saturated rings. The van der Waals surface area contributed by atoms with E-state index < -0.39 is 10.0 Å². The summed E-state index contributed by atoms with van der Waals surface area (Å²) >= 11 is 0. The van der Waals surface area contributed by atoms with Crippen LogP contribution < -0.4 is 0 Å². The van der Waals surface area contributed by atoms with Gasteiger partial charge < -0.3 is 5.11 Å². The van der Waals surface area contributed by atoms with Gasteiger partial charge in [0, 0.05) is 12.6 Å². The molecule has 1 aliphatic heterocycles. The highest BCUT2D eigenvalue weighted by molar-refractivity contribution is 7.88. The summed E-state index contributed by atoms with van der Waals surface area (Å²) in [6.07, 6.45) is 4.97. The van der Waals surface area contributed by atoms with E-state index in [1.807, 2.05) is 0 Å². The Morgan fingerprint density at radius 2 is 2.08 bits per heavy atom. The van der Waals surface area contributed by atoms with Crippen LogP contribution in [0.1, 0.15) is 25.7 Å². The molecule has 1 aliphatic rings. The van der Waals surface area contributed by atoms with E-state index in [1.54, 1.807) is 0 Å². The second kappa shape index (κ2) is 4.39. The molecule has 0 aromatic carbocycles. The molecule has 1 heterocycles. The Bertz CT molecular complexity index is 250. The third-order valence-electron chi connectivity index (χ3n) is 2.46. The van der Waals surface area contributed by atoms with Crippen molar-refractivity contribution in [2.24, 2.45) is 0 Å². The van der Waals surface area contributed by atoms with Crippen LogP contribution in [0.25, 0.3) is 0 Å². The molecule has 1 unspecified atom stereocenters. The molecule has 0 saturated carbocycles. The van der Waals surface area contributed by atoms with Gasteiger partial charge in [-0.05, 0) is 12.8 Å². The van der Waals surface area contributed by atoms with E-state index in [1.165, 1.54) is 10.6 Å². The van der Waals surface area contributed by atoms with E-state index in [9.17, 15) is 8.42 Å². The highest BCUT2D eigenvalue weighted by Crippen LogP contribution is 2.18. The van der Waals surface area contributed by atoms with Crippen LogP contribution >= 0.6 is 0 Å². The fourth-order valence-electron chi connectivity index (χ4n) is 1.77. The highest BCUT2D eigenvalue weighted by Gasteiger charge is 2.26. The van der Waals surface area contributed by atoms with Gasteiger partial charge in [-0.25, -0.2) is 8.42 Å². The zero-order chi connectivity index (χ0) is 9.90. The van der Waals surface area contributed by atoms with Crippen molar-refractivity contribution in [1.29, 1.82) is 0 Å². The number of aliphatic hydroxyl groups excluding tert-OH is 1. The third-order valence-corrected chi connectivity index (χ3v) is 3.79. The van der Waals surface area contributed by atoms with E-state index in [4.69, 9.17) is 5.11 Å². The van der Waals surface area contributed by atoms with Crippen LogP contribution in [0.2, 0.25) is 0 Å². The van der Waals surface area contributed by atoms with Gasteiger partial charge in [-0.2, -0.15) is 4.31 Å². The Labute approximate surface area is 79.6 Å². The summed E-state index contributed by atoms with van der Waals surface area (Å²) in [5.74, 6) is 0. The first-order valence-electron chi connectivity index (χ1n) is 4.63. The molecule has 5 heteroatoms. The van der Waals surface area contributed by atoms with Gasteiger partial charge in [0.05, 0.1) is 12.9 Å². The summed E-state index contributed by atoms with van der Waals surface area (Å²) in [7, 11) is -3.14. The maximum atomic E-state index is 11.3. The van der Waals surface area contributed by atoms with Crippen LogP contribution in [0.5, 0.6) is 0 Å². The minimum Gasteiger partial charge on any atom is -0.395 e. The average Bonchev–Trinajstić information content (AvgIpc) is 2.26. The monoisotopic (exact) mass is 207 g/mol. The van der Waals surface area contributed by atoms with Crippen molar-refractivity contribution in [2.45, 2.75) is 31.7 Å². The second-order valence-electron chi connectivity index (χ2n) is 3.56. The van der Waals surface area contributed by atoms with Crippen LogP contribution in [0.4, 0.5) is 0 Å². The Morgan fingerprint density at radius 3 is 2.62 bits per heavy atom. The lowest BCUT2D eigenvalue weighted by atomic mass is 10.1. The van der Waals surface area contributed by atoms with Crippen molar-refractivity contribution in [3.8, 4) is 0 Å². The Balaban J connectivity index is 2.77. The first-order valence-corrected chi connectivity index (χ1v) is 6.48. The first kappa shape index (κ1) is 10.9. The van der Waals surface area contributed by atoms with E-state index >= 15 is 0 Å². The van der Waals surface area contributed by atoms with Crippen molar-refractivity contribution in [3.63, 3.8) is 0 Å². The molecule has 0 amide bonds. The van der Waals surface area contributed by atoms with Gasteiger partial charge in [0.25, 0.3) is 0 Å². The van der Waals surface area contributed by atoms with E-state index in [2.05, 4.69) is 0 Å². The Hall–Kier alpha value is -0.130. The lowest BCUT2D eigenvalue weighted by molar-refractivity contribution is 0.187. The van der Waals surface area contributed by atoms with Crippen LogP contribution in [-0.4, -0.2) is 43.3 Å². The summed E-state index contributed by atoms with van der Waals surface area (Å²) in [5.41, 5.74) is 0. The first-order chi connectivity index (χ1) is 6.05. The molecule has 0 aliphatic carbocycles. The lowest BCUT2D eigenvalue weighted by Crippen LogP contribution is -2.41. The number of sulfonamides is 1. The zero-order valence-corrected chi connectivity index (χ0v) is 8.76. The normalized spacial score (nSPS) is 27.1. The molecule has 13 heavy (non-hydrogen) atoms. The average molecular weight is 207 g/mol. The number of aliphatic hydroxyl groups is 1. The predicted molar refractivity (Wildman–Crippen MR) is 50.9 cm³/mol. The van der Waals surface area contributed by atoms with Crippen LogP contribution in [0, 0.1) is 0 Å². The van der Waals surface area contributed by atoms with E-state index in [0.29, 0.717) is 6.54 Å². The molecule has 1 atom stereocenters. The van der Waals surface area contributed by atoms with Gasteiger partial charge in [0.1, 0.15) is 0 Å². The van der Waals surface area contributed by atoms with Crippen molar-refractivity contribution in [1.82, 2.24) is 4.31 Å². The third kappa shape index (κ3) is 2.93. The molecule has 0 bridgehead atoms. The SMILES string of the molecule is CS(=O)(=O)N1CCCCCC1CO. The standard InChI is InChI=1S/C8H17NO3S/c1-13(11,12)9-6-4-2-3-5-8(9)7-10/h8,10H,2-7H2,1H3. The Morgan fingerprint density at radius 1 is 1.38 bits per heavy atom. The molecule has 0 radical (unpaired) electrons. The van der Waals surface area contributed by atoms with Crippen molar-refractivity contribution >= 4 is 10.0 Å². The molecule has 78 valence electrons. The van der Waals surface area contributed by atoms with E-state index in [-0.39, 0.29) is 12.6 Å². The van der Waals surface area contributed by atoms with Crippen molar-refractivity contribution < 1.29 is 13.5 Å². The summed E-state index contributed by atoms with van der Waals surface area (Å²) < 4.78 is 24.1. The van der Waals surface area contributed by atoms with Crippen molar-refractivity contribution in [2.75, 3.05) is 19.4 Å². The molecule has 1 N–H and O–H groups in total. The number of hydrogen-bond donors (Lipinski definition) is 1. The number of hydrogen-bond acceptors (Lipinski definition) is 3. The minimum absolute atomic E-state index is 0.0624. The van der Waals surface area contributed by atoms with Gasteiger partial charge >= 0.3 is 0 Å². The fourth-order valence-corrected chi connectivity index (χ4v) is 2.94. The summed E-state index contributed by atoms with van der Waals surface area (Å²) in [6.45, 7) is 0.497. The summed E-state index contributed by atoms with van der Waals surface area (Å²) in [4.78, 5) is 0. The molecule has 4 nitrogen and oxygen atoms in total. The number of rotatable bonds is 2. The summed E-state index contributed by atoms with van der Waals surface area (Å²) in [6, 6.07) is -0.197. The highest BCUT2D eigenvalue weighted by atomic mass is 32.2. The molecular formula is C8H17NO3S. The molecule has 0 spiro atoms. The maximum absolute atomic E-state index is 11.3. The van der Waals surface area contributed by atoms with Gasteiger partial charge in [-0.15, -0.1) is 0 Å². The predicted octanol–water partition coefficient (Wildman–Crippen LogP) is 0.183. The lowest BCUT2D eigenvalue weighted by Gasteiger charge is -2.25. The molecule has 0 aromatic heterocycles. The topological polar surface area (TPSA) is 57.6 Å². The largest absolute Gasteiger partial charge is 0.395 e. The van der Waals surface area contributed by atoms with Crippen molar-refractivity contribution in [3.05, 3.63) is 0 Å². The summed E-state index contributed by atoms with van der Waals surface area (Å²) in [5, 5.41) is 9.04. The quantitative estimate of drug-likeness (QED) is 0.703. The van der Waals surface area contributed by atoms with Crippen LogP contribution in [-0.2, 0) is 10.0 Å². The fraction of sp³-hybridized carbons (Fsp3) is 1.00. The maximum Gasteiger partial charge on any atom is 0.211 e. The molecule has 1 rings (SSSR count). The van der Waals surface area contributed by atoms with Gasteiger partial charge in [-0.3, -0.25) is 0 Å². The minimum atomic E-state index is -3.14. The molecule has 1 saturated heterocycles. The van der Waals surface area contributed by atoms with Gasteiger partial charge in [0.2, 0.25) is 10.0 Å². The Kier molecular flexibility index (Phi) is 3.70. The van der Waals surface area contributed by atoms with Gasteiger partial charge in [-0.1, -0.05) is 12.8 Å². The second-order valence-corrected chi connectivity index (χ2v) is 5.49. The molecule has 0 aromatic rings. The zero-order valence-electron chi connectivity index (χ0n) is 7.94. The van der Waals surface area contributed by atoms with Crippen LogP contribution in [0.3, 0.4) is 0 Å².